The SMILES string of the molecule is CCCC1C(=O)Nc2ccc(Br)cc21. The highest BCUT2D eigenvalue weighted by molar-refractivity contribution is 9.10. The molecule has 0 spiro atoms. The van der Waals surface area contributed by atoms with E-state index >= 15 is 0 Å². The van der Waals surface area contributed by atoms with Crippen molar-refractivity contribution in [1.29, 1.82) is 0 Å². The molecule has 0 saturated carbocycles. The Morgan fingerprint density at radius 2 is 2.29 bits per heavy atom. The van der Waals surface area contributed by atoms with E-state index in [1.165, 1.54) is 0 Å². The van der Waals surface area contributed by atoms with E-state index in [9.17, 15) is 4.79 Å². The van der Waals surface area contributed by atoms with E-state index in [1.807, 2.05) is 18.2 Å². The number of anilines is 1. The number of carbonyl (C=O) groups excluding carboxylic acids is 1. The molecule has 1 amide bonds. The summed E-state index contributed by atoms with van der Waals surface area (Å²) in [6, 6.07) is 5.94. The van der Waals surface area contributed by atoms with Gasteiger partial charge < -0.3 is 5.32 Å². The summed E-state index contributed by atoms with van der Waals surface area (Å²) < 4.78 is 1.04. The normalized spacial score (nSPS) is 19.3. The first-order chi connectivity index (χ1) is 6.72. The van der Waals surface area contributed by atoms with Gasteiger partial charge in [-0.25, -0.2) is 0 Å². The number of hydrogen-bond donors (Lipinski definition) is 1. The largest absolute Gasteiger partial charge is 0.325 e. The van der Waals surface area contributed by atoms with Crippen LogP contribution in [0.4, 0.5) is 5.69 Å². The standard InChI is InChI=1S/C11H12BrNO/c1-2-3-8-9-6-7(12)4-5-10(9)13-11(8)14/h4-6,8H,2-3H2,1H3,(H,13,14). The lowest BCUT2D eigenvalue weighted by Crippen LogP contribution is -2.11. The van der Waals surface area contributed by atoms with Crippen molar-refractivity contribution in [1.82, 2.24) is 0 Å². The van der Waals surface area contributed by atoms with Crippen LogP contribution in [0.15, 0.2) is 22.7 Å². The lowest BCUT2D eigenvalue weighted by molar-refractivity contribution is -0.117. The number of nitrogens with one attached hydrogen (secondary N) is 1. The van der Waals surface area contributed by atoms with Crippen LogP contribution in [0, 0.1) is 0 Å². The smallest absolute Gasteiger partial charge is 0.232 e. The molecule has 1 unspecified atom stereocenters. The van der Waals surface area contributed by atoms with Gasteiger partial charge in [-0.1, -0.05) is 29.3 Å². The van der Waals surface area contributed by atoms with Crippen molar-refractivity contribution in [3.63, 3.8) is 0 Å². The van der Waals surface area contributed by atoms with Gasteiger partial charge in [-0.3, -0.25) is 4.79 Å². The molecule has 0 aliphatic carbocycles. The van der Waals surface area contributed by atoms with Gasteiger partial charge in [0, 0.05) is 10.2 Å². The van der Waals surface area contributed by atoms with E-state index in [-0.39, 0.29) is 11.8 Å². The fourth-order valence-electron chi connectivity index (χ4n) is 1.87. The van der Waals surface area contributed by atoms with Crippen LogP contribution in [0.1, 0.15) is 31.2 Å². The predicted octanol–water partition coefficient (Wildman–Crippen LogP) is 3.28. The van der Waals surface area contributed by atoms with E-state index in [0.717, 1.165) is 28.6 Å². The van der Waals surface area contributed by atoms with Crippen molar-refractivity contribution in [2.45, 2.75) is 25.7 Å². The Morgan fingerprint density at radius 3 is 3.00 bits per heavy atom. The van der Waals surface area contributed by atoms with E-state index in [4.69, 9.17) is 0 Å². The molecule has 74 valence electrons. The summed E-state index contributed by atoms with van der Waals surface area (Å²) in [5.74, 6) is 0.187. The highest BCUT2D eigenvalue weighted by Gasteiger charge is 2.29. The monoisotopic (exact) mass is 253 g/mol. The number of benzene rings is 1. The van der Waals surface area contributed by atoms with Crippen molar-refractivity contribution < 1.29 is 4.79 Å². The minimum Gasteiger partial charge on any atom is -0.325 e. The Labute approximate surface area is 91.8 Å². The van der Waals surface area contributed by atoms with Gasteiger partial charge in [-0.15, -0.1) is 0 Å². The zero-order valence-electron chi connectivity index (χ0n) is 8.01. The number of amides is 1. The number of halogens is 1. The first-order valence-corrected chi connectivity index (χ1v) is 5.62. The Morgan fingerprint density at radius 1 is 1.50 bits per heavy atom. The number of fused-ring (bicyclic) bond motifs is 1. The molecule has 14 heavy (non-hydrogen) atoms. The molecule has 1 aromatic carbocycles. The maximum absolute atomic E-state index is 11.6. The second-order valence-electron chi connectivity index (χ2n) is 3.56. The molecule has 1 aliphatic rings. The third-order valence-electron chi connectivity index (χ3n) is 2.54. The van der Waals surface area contributed by atoms with Crippen molar-refractivity contribution in [2.75, 3.05) is 5.32 Å². The molecule has 3 heteroatoms. The summed E-state index contributed by atoms with van der Waals surface area (Å²) in [5, 5.41) is 2.90. The highest BCUT2D eigenvalue weighted by atomic mass is 79.9. The van der Waals surface area contributed by atoms with Gasteiger partial charge in [0.15, 0.2) is 0 Å². The maximum Gasteiger partial charge on any atom is 0.232 e. The summed E-state index contributed by atoms with van der Waals surface area (Å²) >= 11 is 3.42. The van der Waals surface area contributed by atoms with Crippen molar-refractivity contribution in [3.8, 4) is 0 Å². The molecule has 0 bridgehead atoms. The van der Waals surface area contributed by atoms with Crippen LogP contribution in [0.2, 0.25) is 0 Å². The minimum atomic E-state index is 0.0486. The van der Waals surface area contributed by atoms with Crippen LogP contribution in [-0.2, 0) is 4.79 Å². The summed E-state index contributed by atoms with van der Waals surface area (Å²) in [5.41, 5.74) is 2.10. The molecule has 0 aromatic heterocycles. The fourth-order valence-corrected chi connectivity index (χ4v) is 2.25. The van der Waals surface area contributed by atoms with Crippen LogP contribution in [0.5, 0.6) is 0 Å². The lowest BCUT2D eigenvalue weighted by Gasteiger charge is -2.06. The van der Waals surface area contributed by atoms with E-state index in [1.54, 1.807) is 0 Å². The molecule has 0 radical (unpaired) electrons. The molecule has 1 aliphatic heterocycles. The van der Waals surface area contributed by atoms with Gasteiger partial charge in [0.1, 0.15) is 0 Å². The summed E-state index contributed by atoms with van der Waals surface area (Å²) in [6.07, 6.45) is 1.96. The van der Waals surface area contributed by atoms with Gasteiger partial charge in [-0.2, -0.15) is 0 Å². The van der Waals surface area contributed by atoms with Gasteiger partial charge >= 0.3 is 0 Å². The molecule has 0 saturated heterocycles. The average Bonchev–Trinajstić information content (AvgIpc) is 2.45. The van der Waals surface area contributed by atoms with E-state index in [0.29, 0.717) is 0 Å². The molecule has 2 rings (SSSR count). The average molecular weight is 254 g/mol. The third-order valence-corrected chi connectivity index (χ3v) is 3.03. The minimum absolute atomic E-state index is 0.0486. The predicted molar refractivity (Wildman–Crippen MR) is 60.4 cm³/mol. The van der Waals surface area contributed by atoms with Gasteiger partial charge in [-0.05, 0) is 30.2 Å². The first kappa shape index (κ1) is 9.71. The second kappa shape index (κ2) is 3.73. The van der Waals surface area contributed by atoms with Crippen molar-refractivity contribution in [2.24, 2.45) is 0 Å². The van der Waals surface area contributed by atoms with Crippen LogP contribution < -0.4 is 5.32 Å². The lowest BCUT2D eigenvalue weighted by atomic mass is 9.96. The summed E-state index contributed by atoms with van der Waals surface area (Å²) in [7, 11) is 0. The molecule has 1 aromatic rings. The number of hydrogen-bond acceptors (Lipinski definition) is 1. The maximum atomic E-state index is 11.6. The number of rotatable bonds is 2. The van der Waals surface area contributed by atoms with Gasteiger partial charge in [0.2, 0.25) is 5.91 Å². The fraction of sp³-hybridized carbons (Fsp3) is 0.364. The zero-order valence-corrected chi connectivity index (χ0v) is 9.60. The molecule has 2 nitrogen and oxygen atoms in total. The Kier molecular flexibility index (Phi) is 2.59. The first-order valence-electron chi connectivity index (χ1n) is 4.82. The van der Waals surface area contributed by atoms with Crippen molar-refractivity contribution in [3.05, 3.63) is 28.2 Å². The quantitative estimate of drug-likeness (QED) is 0.862. The second-order valence-corrected chi connectivity index (χ2v) is 4.48. The Bertz CT molecular complexity index is 376. The molecule has 1 atom stereocenters. The van der Waals surface area contributed by atoms with Crippen molar-refractivity contribution >= 4 is 27.5 Å². The molecule has 1 N–H and O–H groups in total. The summed E-state index contributed by atoms with van der Waals surface area (Å²) in [4.78, 5) is 11.6. The topological polar surface area (TPSA) is 29.1 Å². The molecule has 0 fully saturated rings. The molecular formula is C11H12BrNO. The van der Waals surface area contributed by atoms with Crippen LogP contribution >= 0.6 is 15.9 Å². The molecular weight excluding hydrogens is 242 g/mol. The van der Waals surface area contributed by atoms with Gasteiger partial charge in [0.05, 0.1) is 5.92 Å². The van der Waals surface area contributed by atoms with Crippen LogP contribution in [-0.4, -0.2) is 5.91 Å². The Balaban J connectivity index is 2.39. The third kappa shape index (κ3) is 1.57. The number of carbonyl (C=O) groups is 1. The zero-order chi connectivity index (χ0) is 10.1. The summed E-state index contributed by atoms with van der Waals surface area (Å²) in [6.45, 7) is 2.10. The molecule has 1 heterocycles. The van der Waals surface area contributed by atoms with E-state index < -0.39 is 0 Å². The Hall–Kier alpha value is -0.830. The van der Waals surface area contributed by atoms with Crippen LogP contribution in [0.3, 0.4) is 0 Å². The van der Waals surface area contributed by atoms with Crippen LogP contribution in [0.25, 0.3) is 0 Å². The van der Waals surface area contributed by atoms with E-state index in [2.05, 4.69) is 28.2 Å². The highest BCUT2D eigenvalue weighted by Crippen LogP contribution is 2.36. The van der Waals surface area contributed by atoms with Gasteiger partial charge in [0.25, 0.3) is 0 Å².